The van der Waals surface area contributed by atoms with Gasteiger partial charge in [0.2, 0.25) is 0 Å². The Kier molecular flexibility index (Phi) is 11.4. The van der Waals surface area contributed by atoms with Gasteiger partial charge in [-0.25, -0.2) is 4.99 Å². The van der Waals surface area contributed by atoms with Gasteiger partial charge in [0.05, 0.1) is 11.5 Å². The average molecular weight is 434 g/mol. The number of rotatable bonds is 8. The van der Waals surface area contributed by atoms with Crippen molar-refractivity contribution < 1.29 is 4.92 Å². The van der Waals surface area contributed by atoms with Gasteiger partial charge < -0.3 is 10.6 Å². The van der Waals surface area contributed by atoms with Crippen LogP contribution in [0, 0.1) is 16.0 Å². The molecule has 0 saturated carbocycles. The summed E-state index contributed by atoms with van der Waals surface area (Å²) < 4.78 is 0. The van der Waals surface area contributed by atoms with E-state index in [1.165, 1.54) is 12.1 Å². The first-order chi connectivity index (χ1) is 10.5. The summed E-state index contributed by atoms with van der Waals surface area (Å²) >= 11 is 0. The smallest absolute Gasteiger partial charge is 0.269 e. The lowest BCUT2D eigenvalue weighted by atomic mass is 10.2. The Labute approximate surface area is 155 Å². The molecule has 130 valence electrons. The maximum absolute atomic E-state index is 10.6. The van der Waals surface area contributed by atoms with Crippen LogP contribution >= 0.6 is 24.0 Å². The number of aliphatic imine (C=N–C) groups is 1. The lowest BCUT2D eigenvalue weighted by molar-refractivity contribution is -0.384. The van der Waals surface area contributed by atoms with E-state index in [4.69, 9.17) is 0 Å². The second-order valence-electron chi connectivity index (χ2n) is 5.64. The molecule has 0 unspecified atom stereocenters. The summed E-state index contributed by atoms with van der Waals surface area (Å²) in [6.07, 6.45) is 2.23. The minimum Gasteiger partial charge on any atom is -0.356 e. The van der Waals surface area contributed by atoms with E-state index in [1.807, 2.05) is 0 Å². The second kappa shape index (κ2) is 12.1. The van der Waals surface area contributed by atoms with Gasteiger partial charge in [0, 0.05) is 25.2 Å². The van der Waals surface area contributed by atoms with Gasteiger partial charge in [0.1, 0.15) is 0 Å². The van der Waals surface area contributed by atoms with E-state index in [-0.39, 0.29) is 29.7 Å². The van der Waals surface area contributed by atoms with Crippen molar-refractivity contribution in [3.8, 4) is 0 Å². The van der Waals surface area contributed by atoms with Crippen LogP contribution in [0.1, 0.15) is 39.2 Å². The highest BCUT2D eigenvalue weighted by atomic mass is 127. The molecular weight excluding hydrogens is 407 g/mol. The standard InChI is InChI=1S/C16H26N4O2.HI/c1-4-5-10-17-16(18-11-13(2)3)19-12-14-6-8-15(9-7-14)20(21)22;/h6-9,13H,4-5,10-12H2,1-3H3,(H2,17,18,19);1H. The number of hydrogen-bond donors (Lipinski definition) is 2. The van der Waals surface area contributed by atoms with Crippen molar-refractivity contribution in [1.29, 1.82) is 0 Å². The molecule has 0 heterocycles. The van der Waals surface area contributed by atoms with Gasteiger partial charge in [-0.1, -0.05) is 39.3 Å². The Morgan fingerprint density at radius 1 is 1.26 bits per heavy atom. The first kappa shape index (κ1) is 21.6. The van der Waals surface area contributed by atoms with Crippen molar-refractivity contribution in [3.05, 3.63) is 39.9 Å². The molecule has 0 aromatic heterocycles. The van der Waals surface area contributed by atoms with Crippen LogP contribution in [0.15, 0.2) is 29.3 Å². The molecule has 0 radical (unpaired) electrons. The van der Waals surface area contributed by atoms with Crippen LogP contribution < -0.4 is 10.6 Å². The molecule has 1 rings (SSSR count). The number of non-ortho nitro benzene ring substituents is 1. The molecule has 0 aliphatic heterocycles. The summed E-state index contributed by atoms with van der Waals surface area (Å²) in [5.41, 5.74) is 1.05. The highest BCUT2D eigenvalue weighted by Crippen LogP contribution is 2.12. The highest BCUT2D eigenvalue weighted by Gasteiger charge is 2.04. The zero-order chi connectivity index (χ0) is 16.4. The van der Waals surface area contributed by atoms with Crippen molar-refractivity contribution in [2.45, 2.75) is 40.2 Å². The molecule has 0 atom stereocenters. The lowest BCUT2D eigenvalue weighted by Gasteiger charge is -2.14. The van der Waals surface area contributed by atoms with Gasteiger partial charge in [-0.15, -0.1) is 24.0 Å². The average Bonchev–Trinajstić information content (AvgIpc) is 2.49. The van der Waals surface area contributed by atoms with Crippen molar-refractivity contribution in [1.82, 2.24) is 10.6 Å². The van der Waals surface area contributed by atoms with Crippen molar-refractivity contribution in [2.75, 3.05) is 13.1 Å². The number of nitro benzene ring substituents is 1. The molecule has 0 fully saturated rings. The van der Waals surface area contributed by atoms with Gasteiger partial charge in [0.25, 0.3) is 5.69 Å². The Morgan fingerprint density at radius 2 is 1.91 bits per heavy atom. The minimum absolute atomic E-state index is 0. The molecule has 0 aliphatic rings. The Balaban J connectivity index is 0.00000484. The molecule has 0 amide bonds. The van der Waals surface area contributed by atoms with Crippen LogP contribution in [0.4, 0.5) is 5.69 Å². The minimum atomic E-state index is -0.394. The first-order valence-electron chi connectivity index (χ1n) is 7.78. The molecule has 7 heteroatoms. The predicted molar refractivity (Wildman–Crippen MR) is 105 cm³/mol. The monoisotopic (exact) mass is 434 g/mol. The summed E-state index contributed by atoms with van der Waals surface area (Å²) in [5.74, 6) is 1.33. The molecule has 0 saturated heterocycles. The highest BCUT2D eigenvalue weighted by molar-refractivity contribution is 14.0. The zero-order valence-corrected chi connectivity index (χ0v) is 16.4. The third-order valence-electron chi connectivity index (χ3n) is 3.07. The number of hydrogen-bond acceptors (Lipinski definition) is 3. The second-order valence-corrected chi connectivity index (χ2v) is 5.64. The van der Waals surface area contributed by atoms with Gasteiger partial charge in [-0.2, -0.15) is 0 Å². The fourth-order valence-corrected chi connectivity index (χ4v) is 1.75. The summed E-state index contributed by atoms with van der Waals surface area (Å²) in [4.78, 5) is 14.8. The van der Waals surface area contributed by atoms with Crippen molar-refractivity contribution in [3.63, 3.8) is 0 Å². The van der Waals surface area contributed by atoms with E-state index in [0.29, 0.717) is 12.5 Å². The van der Waals surface area contributed by atoms with E-state index in [1.54, 1.807) is 12.1 Å². The van der Waals surface area contributed by atoms with E-state index in [2.05, 4.69) is 36.4 Å². The number of benzene rings is 1. The molecule has 1 aromatic carbocycles. The number of unbranched alkanes of at least 4 members (excludes halogenated alkanes) is 1. The lowest BCUT2D eigenvalue weighted by Crippen LogP contribution is -2.39. The van der Waals surface area contributed by atoms with Crippen LogP contribution in [0.2, 0.25) is 0 Å². The zero-order valence-electron chi connectivity index (χ0n) is 14.0. The number of nitrogens with zero attached hydrogens (tertiary/aromatic N) is 2. The number of nitro groups is 1. The molecule has 0 spiro atoms. The van der Waals surface area contributed by atoms with Gasteiger partial charge >= 0.3 is 0 Å². The molecule has 6 nitrogen and oxygen atoms in total. The van der Waals surface area contributed by atoms with Crippen LogP contribution in [0.5, 0.6) is 0 Å². The fraction of sp³-hybridized carbons (Fsp3) is 0.562. The van der Waals surface area contributed by atoms with Crippen LogP contribution in [-0.4, -0.2) is 24.0 Å². The Bertz CT molecular complexity index is 489. The van der Waals surface area contributed by atoms with Crippen LogP contribution in [0.3, 0.4) is 0 Å². The Hall–Kier alpha value is -1.38. The molecular formula is C16H27IN4O2. The summed E-state index contributed by atoms with van der Waals surface area (Å²) in [7, 11) is 0. The van der Waals surface area contributed by atoms with E-state index >= 15 is 0 Å². The molecule has 1 aromatic rings. The summed E-state index contributed by atoms with van der Waals surface area (Å²) in [5, 5.41) is 17.2. The topological polar surface area (TPSA) is 79.6 Å². The maximum Gasteiger partial charge on any atom is 0.269 e. The van der Waals surface area contributed by atoms with E-state index < -0.39 is 4.92 Å². The largest absolute Gasteiger partial charge is 0.356 e. The molecule has 2 N–H and O–H groups in total. The Morgan fingerprint density at radius 3 is 2.43 bits per heavy atom. The fourth-order valence-electron chi connectivity index (χ4n) is 1.75. The third kappa shape index (κ3) is 9.37. The number of nitrogens with one attached hydrogen (secondary N) is 2. The SMILES string of the molecule is CCCCNC(=NCc1ccc([N+](=O)[O-])cc1)NCC(C)C.I. The summed E-state index contributed by atoms with van der Waals surface area (Å²) in [6, 6.07) is 6.51. The predicted octanol–water partition coefficient (Wildman–Crippen LogP) is 3.70. The van der Waals surface area contributed by atoms with Gasteiger partial charge in [-0.3, -0.25) is 10.1 Å². The quantitative estimate of drug-likeness (QED) is 0.163. The van der Waals surface area contributed by atoms with Gasteiger partial charge in [-0.05, 0) is 17.9 Å². The van der Waals surface area contributed by atoms with E-state index in [0.717, 1.165) is 37.5 Å². The first-order valence-corrected chi connectivity index (χ1v) is 7.78. The third-order valence-corrected chi connectivity index (χ3v) is 3.07. The maximum atomic E-state index is 10.6. The van der Waals surface area contributed by atoms with Gasteiger partial charge in [0.15, 0.2) is 5.96 Å². The van der Waals surface area contributed by atoms with Crippen LogP contribution in [-0.2, 0) is 6.54 Å². The normalized spacial score (nSPS) is 11.0. The molecule has 23 heavy (non-hydrogen) atoms. The number of guanidine groups is 1. The van der Waals surface area contributed by atoms with Crippen LogP contribution in [0.25, 0.3) is 0 Å². The van der Waals surface area contributed by atoms with Crippen molar-refractivity contribution >= 4 is 35.6 Å². The molecule has 0 bridgehead atoms. The summed E-state index contributed by atoms with van der Waals surface area (Å²) in [6.45, 7) is 8.69. The van der Waals surface area contributed by atoms with Crippen molar-refractivity contribution in [2.24, 2.45) is 10.9 Å². The molecule has 0 aliphatic carbocycles. The van der Waals surface area contributed by atoms with E-state index in [9.17, 15) is 10.1 Å². The number of halogens is 1.